The van der Waals surface area contributed by atoms with E-state index in [1.54, 1.807) is 6.07 Å². The topological polar surface area (TPSA) is 88.9 Å². The Labute approximate surface area is 178 Å². The first-order valence-electron chi connectivity index (χ1n) is 9.33. The van der Waals surface area contributed by atoms with Crippen molar-refractivity contribution in [2.45, 2.75) is 24.9 Å². The van der Waals surface area contributed by atoms with E-state index >= 15 is 0 Å². The number of nitrogens with zero attached hydrogens (tertiary/aromatic N) is 3. The number of amides is 3. The molecule has 0 unspecified atom stereocenters. The van der Waals surface area contributed by atoms with Crippen molar-refractivity contribution in [1.82, 2.24) is 20.1 Å². The van der Waals surface area contributed by atoms with E-state index in [1.165, 1.54) is 18.2 Å². The summed E-state index contributed by atoms with van der Waals surface area (Å²) in [5.41, 5.74) is 2.15. The molecule has 0 aliphatic rings. The monoisotopic (exact) mass is 427 g/mol. The number of anilines is 1. The molecule has 0 fully saturated rings. The quantitative estimate of drug-likeness (QED) is 0.576. The van der Waals surface area contributed by atoms with Crippen LogP contribution in [0.2, 0.25) is 0 Å². The number of halogens is 1. The van der Waals surface area contributed by atoms with Crippen molar-refractivity contribution in [3.8, 4) is 11.4 Å². The number of hydrogen-bond acceptors (Lipinski definition) is 5. The molecule has 0 saturated carbocycles. The Morgan fingerprint density at radius 3 is 2.53 bits per heavy atom. The Bertz CT molecular complexity index is 1070. The van der Waals surface area contributed by atoms with Gasteiger partial charge in [0.15, 0.2) is 11.0 Å². The van der Waals surface area contributed by atoms with Crippen molar-refractivity contribution in [2.75, 3.05) is 11.1 Å². The SMILES string of the molecule is CC(C)c1ccccc1-c1nnc(SCC(=O)NC(=O)Nc2ccccc2F)n1C. The molecule has 0 bridgehead atoms. The molecule has 30 heavy (non-hydrogen) atoms. The summed E-state index contributed by atoms with van der Waals surface area (Å²) in [6.45, 7) is 4.23. The molecule has 3 aromatic rings. The fraction of sp³-hybridized carbons (Fsp3) is 0.238. The van der Waals surface area contributed by atoms with E-state index in [0.717, 1.165) is 22.9 Å². The Kier molecular flexibility index (Phi) is 6.83. The van der Waals surface area contributed by atoms with E-state index in [-0.39, 0.29) is 11.4 Å². The zero-order valence-electron chi connectivity index (χ0n) is 16.8. The third-order valence-corrected chi connectivity index (χ3v) is 5.39. The molecule has 1 heterocycles. The lowest BCUT2D eigenvalue weighted by molar-refractivity contribution is -0.117. The minimum Gasteiger partial charge on any atom is -0.305 e. The van der Waals surface area contributed by atoms with Gasteiger partial charge in [0.25, 0.3) is 0 Å². The highest BCUT2D eigenvalue weighted by Gasteiger charge is 2.17. The van der Waals surface area contributed by atoms with E-state index in [4.69, 9.17) is 0 Å². The van der Waals surface area contributed by atoms with Crippen molar-refractivity contribution >= 4 is 29.4 Å². The fourth-order valence-electron chi connectivity index (χ4n) is 2.89. The van der Waals surface area contributed by atoms with Crippen LogP contribution in [0.1, 0.15) is 25.3 Å². The largest absolute Gasteiger partial charge is 0.325 e. The molecule has 1 aromatic heterocycles. The highest BCUT2D eigenvalue weighted by atomic mass is 32.2. The molecule has 3 rings (SSSR count). The number of benzene rings is 2. The van der Waals surface area contributed by atoms with Crippen LogP contribution < -0.4 is 10.6 Å². The number of nitrogens with one attached hydrogen (secondary N) is 2. The highest BCUT2D eigenvalue weighted by molar-refractivity contribution is 7.99. The van der Waals surface area contributed by atoms with Crippen LogP contribution in [0.15, 0.2) is 53.7 Å². The van der Waals surface area contributed by atoms with Crippen LogP contribution in [0.3, 0.4) is 0 Å². The highest BCUT2D eigenvalue weighted by Crippen LogP contribution is 2.29. The molecule has 0 atom stereocenters. The number of thioether (sulfide) groups is 1. The maximum atomic E-state index is 13.6. The van der Waals surface area contributed by atoms with Gasteiger partial charge in [-0.2, -0.15) is 0 Å². The van der Waals surface area contributed by atoms with E-state index in [1.807, 2.05) is 29.8 Å². The van der Waals surface area contributed by atoms with E-state index in [0.29, 0.717) is 16.9 Å². The van der Waals surface area contributed by atoms with Crippen LogP contribution >= 0.6 is 11.8 Å². The maximum Gasteiger partial charge on any atom is 0.325 e. The van der Waals surface area contributed by atoms with Crippen molar-refractivity contribution in [3.05, 3.63) is 59.9 Å². The Morgan fingerprint density at radius 1 is 1.10 bits per heavy atom. The molecular weight excluding hydrogens is 405 g/mol. The van der Waals surface area contributed by atoms with Crippen molar-refractivity contribution in [1.29, 1.82) is 0 Å². The number of imide groups is 1. The number of carbonyl (C=O) groups is 2. The first-order valence-corrected chi connectivity index (χ1v) is 10.3. The Morgan fingerprint density at radius 2 is 1.80 bits per heavy atom. The second kappa shape index (κ2) is 9.53. The lowest BCUT2D eigenvalue weighted by atomic mass is 9.97. The summed E-state index contributed by atoms with van der Waals surface area (Å²) in [6.07, 6.45) is 0. The molecule has 0 radical (unpaired) electrons. The molecule has 2 aromatic carbocycles. The van der Waals surface area contributed by atoms with Gasteiger partial charge in [-0.15, -0.1) is 10.2 Å². The first-order chi connectivity index (χ1) is 14.4. The van der Waals surface area contributed by atoms with Gasteiger partial charge in [-0.05, 0) is 23.6 Å². The molecule has 0 aliphatic heterocycles. The Hall–Kier alpha value is -3.20. The average Bonchev–Trinajstić information content (AvgIpc) is 3.08. The summed E-state index contributed by atoms with van der Waals surface area (Å²) < 4.78 is 15.4. The molecule has 0 aliphatic carbocycles. The van der Waals surface area contributed by atoms with Crippen LogP contribution in [-0.2, 0) is 11.8 Å². The minimum atomic E-state index is -0.796. The van der Waals surface area contributed by atoms with Gasteiger partial charge in [-0.3, -0.25) is 10.1 Å². The van der Waals surface area contributed by atoms with E-state index in [2.05, 4.69) is 40.7 Å². The molecule has 0 saturated heterocycles. The number of rotatable bonds is 6. The Balaban J connectivity index is 1.61. The fourth-order valence-corrected chi connectivity index (χ4v) is 3.60. The lowest BCUT2D eigenvalue weighted by Crippen LogP contribution is -2.35. The van der Waals surface area contributed by atoms with E-state index < -0.39 is 17.8 Å². The van der Waals surface area contributed by atoms with Gasteiger partial charge >= 0.3 is 6.03 Å². The van der Waals surface area contributed by atoms with Gasteiger partial charge in [0.05, 0.1) is 11.4 Å². The number of urea groups is 1. The molecule has 0 spiro atoms. The standard InChI is InChI=1S/C21H22FN5O2S/c1-13(2)14-8-4-5-9-15(14)19-25-26-21(27(19)3)30-12-18(28)24-20(29)23-17-11-7-6-10-16(17)22/h4-11,13H,12H2,1-3H3,(H2,23,24,28,29). The third kappa shape index (κ3) is 5.04. The van der Waals surface area contributed by atoms with Gasteiger partial charge in [0, 0.05) is 12.6 Å². The van der Waals surface area contributed by atoms with Crippen LogP contribution in [0.25, 0.3) is 11.4 Å². The van der Waals surface area contributed by atoms with Gasteiger partial charge in [-0.25, -0.2) is 9.18 Å². The summed E-state index contributed by atoms with van der Waals surface area (Å²) in [4.78, 5) is 24.0. The summed E-state index contributed by atoms with van der Waals surface area (Å²) in [6, 6.07) is 12.9. The summed E-state index contributed by atoms with van der Waals surface area (Å²) in [5, 5.41) is 13.5. The van der Waals surface area contributed by atoms with Gasteiger partial charge < -0.3 is 9.88 Å². The van der Waals surface area contributed by atoms with E-state index in [9.17, 15) is 14.0 Å². The summed E-state index contributed by atoms with van der Waals surface area (Å²) >= 11 is 1.16. The average molecular weight is 428 g/mol. The molecule has 3 amide bonds. The predicted molar refractivity (Wildman–Crippen MR) is 115 cm³/mol. The van der Waals surface area contributed by atoms with Crippen molar-refractivity contribution in [2.24, 2.45) is 7.05 Å². The number of carbonyl (C=O) groups excluding carboxylic acids is 2. The van der Waals surface area contributed by atoms with Crippen LogP contribution in [-0.4, -0.2) is 32.5 Å². The summed E-state index contributed by atoms with van der Waals surface area (Å²) in [5.74, 6) is -0.112. The van der Waals surface area contributed by atoms with Crippen LogP contribution in [0.5, 0.6) is 0 Å². The van der Waals surface area contributed by atoms with Gasteiger partial charge in [0.1, 0.15) is 5.82 Å². The molecule has 7 nitrogen and oxygen atoms in total. The van der Waals surface area contributed by atoms with Crippen LogP contribution in [0, 0.1) is 5.82 Å². The number of aromatic nitrogens is 3. The van der Waals surface area contributed by atoms with Crippen molar-refractivity contribution in [3.63, 3.8) is 0 Å². The lowest BCUT2D eigenvalue weighted by Gasteiger charge is -2.12. The molecule has 9 heteroatoms. The predicted octanol–water partition coefficient (Wildman–Crippen LogP) is 4.19. The van der Waals surface area contributed by atoms with Gasteiger partial charge in [0.2, 0.25) is 5.91 Å². The zero-order valence-corrected chi connectivity index (χ0v) is 17.7. The molecular formula is C21H22FN5O2S. The second-order valence-electron chi connectivity index (χ2n) is 6.88. The van der Waals surface area contributed by atoms with Gasteiger partial charge in [-0.1, -0.05) is 62.0 Å². The number of hydrogen-bond donors (Lipinski definition) is 2. The zero-order chi connectivity index (χ0) is 21.7. The third-order valence-electron chi connectivity index (χ3n) is 4.37. The second-order valence-corrected chi connectivity index (χ2v) is 7.82. The van der Waals surface area contributed by atoms with Crippen molar-refractivity contribution < 1.29 is 14.0 Å². The normalized spacial score (nSPS) is 10.8. The molecule has 156 valence electrons. The smallest absolute Gasteiger partial charge is 0.305 e. The first kappa shape index (κ1) is 21.5. The van der Waals surface area contributed by atoms with Crippen LogP contribution in [0.4, 0.5) is 14.9 Å². The number of para-hydroxylation sites is 1. The minimum absolute atomic E-state index is 0.00258. The molecule has 2 N–H and O–H groups in total. The summed E-state index contributed by atoms with van der Waals surface area (Å²) in [7, 11) is 1.83. The maximum absolute atomic E-state index is 13.6.